The molecule has 4 rings (SSSR count). The number of para-hydroxylation sites is 1. The van der Waals surface area contributed by atoms with Crippen molar-refractivity contribution in [2.45, 2.75) is 25.8 Å². The van der Waals surface area contributed by atoms with Crippen molar-refractivity contribution in [2.24, 2.45) is 0 Å². The number of hydrogen-bond acceptors (Lipinski definition) is 3. The molecule has 0 saturated carbocycles. The third kappa shape index (κ3) is 3.59. The van der Waals surface area contributed by atoms with Crippen LogP contribution in [0.5, 0.6) is 0 Å². The zero-order valence-corrected chi connectivity index (χ0v) is 14.8. The van der Waals surface area contributed by atoms with Crippen LogP contribution in [0.3, 0.4) is 0 Å². The summed E-state index contributed by atoms with van der Waals surface area (Å²) in [5.74, 6) is 0.678. The van der Waals surface area contributed by atoms with E-state index in [0.29, 0.717) is 5.95 Å². The van der Waals surface area contributed by atoms with E-state index in [9.17, 15) is 0 Å². The van der Waals surface area contributed by atoms with E-state index in [1.165, 1.54) is 22.0 Å². The van der Waals surface area contributed by atoms with Crippen LogP contribution in [0.25, 0.3) is 10.9 Å². The Labute approximate surface area is 153 Å². The lowest BCUT2D eigenvalue weighted by Crippen LogP contribution is -2.10. The molecule has 0 radical (unpaired) electrons. The number of nitrogens with one attached hydrogen (secondary N) is 2. The highest BCUT2D eigenvalue weighted by Gasteiger charge is 2.08. The Morgan fingerprint density at radius 3 is 2.65 bits per heavy atom. The van der Waals surface area contributed by atoms with Crippen LogP contribution in [0.1, 0.15) is 29.8 Å². The minimum atomic E-state index is 0.167. The van der Waals surface area contributed by atoms with E-state index in [2.05, 4.69) is 69.8 Å². The monoisotopic (exact) mass is 342 g/mol. The maximum atomic E-state index is 4.69. The van der Waals surface area contributed by atoms with E-state index in [4.69, 9.17) is 0 Å². The lowest BCUT2D eigenvalue weighted by Gasteiger charge is -2.14. The number of rotatable bonds is 6. The van der Waals surface area contributed by atoms with Crippen LogP contribution in [0.4, 0.5) is 5.95 Å². The van der Waals surface area contributed by atoms with E-state index >= 15 is 0 Å². The minimum absolute atomic E-state index is 0.167. The summed E-state index contributed by atoms with van der Waals surface area (Å²) in [6.45, 7) is 2.12. The maximum Gasteiger partial charge on any atom is 0.223 e. The van der Waals surface area contributed by atoms with Crippen molar-refractivity contribution in [3.63, 3.8) is 0 Å². The van der Waals surface area contributed by atoms with Crippen molar-refractivity contribution in [1.82, 2.24) is 15.0 Å². The first-order valence-electron chi connectivity index (χ1n) is 8.98. The first-order chi connectivity index (χ1) is 12.8. The molecule has 4 aromatic rings. The second kappa shape index (κ2) is 7.40. The third-order valence-corrected chi connectivity index (χ3v) is 4.68. The van der Waals surface area contributed by atoms with Gasteiger partial charge in [0.15, 0.2) is 0 Å². The second-order valence-electron chi connectivity index (χ2n) is 6.51. The molecule has 0 bridgehead atoms. The van der Waals surface area contributed by atoms with Crippen LogP contribution < -0.4 is 5.32 Å². The fourth-order valence-electron chi connectivity index (χ4n) is 3.22. The lowest BCUT2D eigenvalue weighted by atomic mass is 10.1. The summed E-state index contributed by atoms with van der Waals surface area (Å²) in [5, 5.41) is 4.68. The summed E-state index contributed by atoms with van der Waals surface area (Å²) in [5.41, 5.74) is 4.78. The van der Waals surface area contributed by atoms with Crippen LogP contribution in [-0.4, -0.2) is 15.0 Å². The van der Waals surface area contributed by atoms with E-state index in [0.717, 1.165) is 18.5 Å². The molecular formula is C22H22N4. The summed E-state index contributed by atoms with van der Waals surface area (Å²) in [6, 6.07) is 20.9. The molecular weight excluding hydrogens is 320 g/mol. The fourth-order valence-corrected chi connectivity index (χ4v) is 3.22. The Morgan fingerprint density at radius 1 is 0.962 bits per heavy atom. The Balaban J connectivity index is 1.44. The molecule has 2 aromatic heterocycles. The van der Waals surface area contributed by atoms with Gasteiger partial charge in [0.05, 0.1) is 6.04 Å². The standard InChI is InChI=1S/C22H22N4/c1-16(17-7-3-2-4-8-17)25-22-23-14-13-19(26-22)12-11-18-15-24-21-10-6-5-9-20(18)21/h2-10,13-16,24H,11-12H2,1H3,(H,23,25,26). The molecule has 0 aliphatic rings. The number of nitrogens with zero attached hydrogens (tertiary/aromatic N) is 2. The van der Waals surface area contributed by atoms with Gasteiger partial charge in [-0.1, -0.05) is 48.5 Å². The molecule has 0 amide bonds. The van der Waals surface area contributed by atoms with Crippen molar-refractivity contribution < 1.29 is 0 Å². The number of hydrogen-bond donors (Lipinski definition) is 2. The zero-order chi connectivity index (χ0) is 17.8. The van der Waals surface area contributed by atoms with Crippen LogP contribution in [-0.2, 0) is 12.8 Å². The van der Waals surface area contributed by atoms with Gasteiger partial charge in [0.1, 0.15) is 0 Å². The Bertz CT molecular complexity index is 991. The number of H-pyrrole nitrogens is 1. The summed E-state index contributed by atoms with van der Waals surface area (Å²) in [6.07, 6.45) is 5.77. The zero-order valence-electron chi connectivity index (χ0n) is 14.8. The molecule has 26 heavy (non-hydrogen) atoms. The smallest absolute Gasteiger partial charge is 0.223 e. The van der Waals surface area contributed by atoms with Gasteiger partial charge in [-0.05, 0) is 43.0 Å². The summed E-state index contributed by atoms with van der Waals surface area (Å²) < 4.78 is 0. The normalized spacial score (nSPS) is 12.2. The van der Waals surface area contributed by atoms with Crippen molar-refractivity contribution in [2.75, 3.05) is 5.32 Å². The van der Waals surface area contributed by atoms with Gasteiger partial charge in [-0.2, -0.15) is 0 Å². The number of benzene rings is 2. The molecule has 0 spiro atoms. The predicted octanol–water partition coefficient (Wildman–Crippen LogP) is 4.92. The third-order valence-electron chi connectivity index (χ3n) is 4.68. The summed E-state index contributed by atoms with van der Waals surface area (Å²) in [4.78, 5) is 12.4. The molecule has 4 nitrogen and oxygen atoms in total. The van der Waals surface area contributed by atoms with Gasteiger partial charge in [-0.25, -0.2) is 9.97 Å². The molecule has 0 fully saturated rings. The molecule has 1 atom stereocenters. The van der Waals surface area contributed by atoms with Crippen molar-refractivity contribution in [3.8, 4) is 0 Å². The topological polar surface area (TPSA) is 53.6 Å². The van der Waals surface area contributed by atoms with Crippen LogP contribution in [0.15, 0.2) is 73.1 Å². The number of aromatic amines is 1. The highest BCUT2D eigenvalue weighted by atomic mass is 15.1. The minimum Gasteiger partial charge on any atom is -0.361 e. The Hall–Kier alpha value is -3.14. The average molecular weight is 342 g/mol. The lowest BCUT2D eigenvalue weighted by molar-refractivity contribution is 0.842. The van der Waals surface area contributed by atoms with E-state index in [1.807, 2.05) is 30.5 Å². The van der Waals surface area contributed by atoms with Gasteiger partial charge in [0.25, 0.3) is 0 Å². The van der Waals surface area contributed by atoms with E-state index < -0.39 is 0 Å². The maximum absolute atomic E-state index is 4.69. The highest BCUT2D eigenvalue weighted by Crippen LogP contribution is 2.20. The number of anilines is 1. The average Bonchev–Trinajstić information content (AvgIpc) is 3.10. The highest BCUT2D eigenvalue weighted by molar-refractivity contribution is 5.83. The number of aromatic nitrogens is 3. The van der Waals surface area contributed by atoms with Crippen molar-refractivity contribution in [3.05, 3.63) is 89.9 Å². The SMILES string of the molecule is CC(Nc1nccc(CCc2c[nH]c3ccccc23)n1)c1ccccc1. The molecule has 1 unspecified atom stereocenters. The predicted molar refractivity (Wildman–Crippen MR) is 106 cm³/mol. The Kier molecular flexibility index (Phi) is 4.65. The second-order valence-corrected chi connectivity index (χ2v) is 6.51. The van der Waals surface area contributed by atoms with Crippen molar-refractivity contribution in [1.29, 1.82) is 0 Å². The van der Waals surface area contributed by atoms with Crippen molar-refractivity contribution >= 4 is 16.9 Å². The molecule has 0 saturated heterocycles. The number of aryl methyl sites for hydroxylation is 2. The van der Waals surface area contributed by atoms with Gasteiger partial charge in [0, 0.05) is 29.0 Å². The van der Waals surface area contributed by atoms with Gasteiger partial charge in [-0.15, -0.1) is 0 Å². The van der Waals surface area contributed by atoms with E-state index in [1.54, 1.807) is 0 Å². The molecule has 4 heteroatoms. The van der Waals surface area contributed by atoms with Gasteiger partial charge in [0.2, 0.25) is 5.95 Å². The van der Waals surface area contributed by atoms with Crippen LogP contribution >= 0.6 is 0 Å². The largest absolute Gasteiger partial charge is 0.361 e. The van der Waals surface area contributed by atoms with Gasteiger partial charge < -0.3 is 10.3 Å². The van der Waals surface area contributed by atoms with Gasteiger partial charge >= 0.3 is 0 Å². The molecule has 2 N–H and O–H groups in total. The van der Waals surface area contributed by atoms with E-state index in [-0.39, 0.29) is 6.04 Å². The first kappa shape index (κ1) is 16.3. The molecule has 130 valence electrons. The molecule has 2 aromatic carbocycles. The Morgan fingerprint density at radius 2 is 1.77 bits per heavy atom. The van der Waals surface area contributed by atoms with Crippen LogP contribution in [0, 0.1) is 0 Å². The first-order valence-corrected chi connectivity index (χ1v) is 8.98. The molecule has 2 heterocycles. The number of fused-ring (bicyclic) bond motifs is 1. The van der Waals surface area contributed by atoms with Gasteiger partial charge in [-0.3, -0.25) is 0 Å². The molecule has 0 aliphatic heterocycles. The van der Waals surface area contributed by atoms with Crippen LogP contribution in [0.2, 0.25) is 0 Å². The fraction of sp³-hybridized carbons (Fsp3) is 0.182. The quantitative estimate of drug-likeness (QED) is 0.523. The molecule has 0 aliphatic carbocycles. The summed E-state index contributed by atoms with van der Waals surface area (Å²) in [7, 11) is 0. The summed E-state index contributed by atoms with van der Waals surface area (Å²) >= 11 is 0.